The third kappa shape index (κ3) is 4.10. The van der Waals surface area contributed by atoms with Crippen molar-refractivity contribution in [1.82, 2.24) is 5.16 Å². The maximum atomic E-state index is 11.6. The lowest BCUT2D eigenvalue weighted by Gasteiger charge is -2.10. The van der Waals surface area contributed by atoms with Gasteiger partial charge in [0, 0.05) is 11.6 Å². The maximum absolute atomic E-state index is 11.6. The number of benzene rings is 1. The number of hydrogen-bond donors (Lipinski definition) is 0. The fraction of sp³-hybridized carbons (Fsp3) is 0.353. The molecule has 0 unspecified atom stereocenters. The van der Waals surface area contributed by atoms with E-state index in [4.69, 9.17) is 14.0 Å². The molecule has 0 aliphatic heterocycles. The molecule has 0 bridgehead atoms. The van der Waals surface area contributed by atoms with Gasteiger partial charge in [0.15, 0.2) is 11.5 Å². The van der Waals surface area contributed by atoms with Gasteiger partial charge in [-0.1, -0.05) is 19.0 Å². The predicted molar refractivity (Wildman–Crippen MR) is 82.9 cm³/mol. The summed E-state index contributed by atoms with van der Waals surface area (Å²) in [5, 5.41) is 13.0. The fourth-order valence-corrected chi connectivity index (χ4v) is 1.87. The Morgan fingerprint density at radius 3 is 2.83 bits per heavy atom. The first kappa shape index (κ1) is 16.6. The number of ether oxygens (including phenoxy) is 2. The molecule has 0 N–H and O–H groups in total. The summed E-state index contributed by atoms with van der Waals surface area (Å²) in [6.45, 7) is 6.58. The molecule has 2 rings (SSSR count). The Bertz CT molecular complexity index is 728. The van der Waals surface area contributed by atoms with Gasteiger partial charge in [0.05, 0.1) is 18.8 Å². The number of esters is 1. The van der Waals surface area contributed by atoms with Crippen LogP contribution in [0, 0.1) is 17.2 Å². The maximum Gasteiger partial charge on any atom is 0.360 e. The summed E-state index contributed by atoms with van der Waals surface area (Å²) in [4.78, 5) is 11.6. The van der Waals surface area contributed by atoms with E-state index in [0.717, 1.165) is 0 Å². The highest BCUT2D eigenvalue weighted by molar-refractivity contribution is 5.88. The first-order valence-electron chi connectivity index (χ1n) is 7.36. The van der Waals surface area contributed by atoms with Crippen LogP contribution in [0.15, 0.2) is 28.8 Å². The van der Waals surface area contributed by atoms with Gasteiger partial charge in [-0.2, -0.15) is 5.26 Å². The van der Waals surface area contributed by atoms with Crippen molar-refractivity contribution < 1.29 is 18.8 Å². The van der Waals surface area contributed by atoms with Gasteiger partial charge in [-0.05, 0) is 31.0 Å². The summed E-state index contributed by atoms with van der Waals surface area (Å²) < 4.78 is 15.6. The van der Waals surface area contributed by atoms with Gasteiger partial charge in [0.2, 0.25) is 0 Å². The zero-order valence-electron chi connectivity index (χ0n) is 13.3. The van der Waals surface area contributed by atoms with E-state index >= 15 is 0 Å². The van der Waals surface area contributed by atoms with E-state index in [0.29, 0.717) is 35.2 Å². The minimum atomic E-state index is -0.542. The van der Waals surface area contributed by atoms with E-state index in [1.807, 2.05) is 13.8 Å². The van der Waals surface area contributed by atoms with E-state index in [1.165, 1.54) is 6.07 Å². The Hall–Kier alpha value is -2.81. The molecule has 6 nitrogen and oxygen atoms in total. The van der Waals surface area contributed by atoms with Gasteiger partial charge in [-0.15, -0.1) is 0 Å². The second-order valence-corrected chi connectivity index (χ2v) is 5.32. The Balaban J connectivity index is 2.24. The van der Waals surface area contributed by atoms with Crippen molar-refractivity contribution in [1.29, 1.82) is 5.26 Å². The molecule has 0 aliphatic carbocycles. The van der Waals surface area contributed by atoms with Crippen LogP contribution in [0.4, 0.5) is 0 Å². The van der Waals surface area contributed by atoms with Gasteiger partial charge in [0.1, 0.15) is 11.8 Å². The zero-order valence-corrected chi connectivity index (χ0v) is 13.3. The van der Waals surface area contributed by atoms with Crippen molar-refractivity contribution in [3.05, 3.63) is 35.5 Å². The molecule has 0 saturated heterocycles. The second-order valence-electron chi connectivity index (χ2n) is 5.32. The number of nitrogens with zero attached hydrogens (tertiary/aromatic N) is 2. The molecule has 120 valence electrons. The van der Waals surface area contributed by atoms with Crippen LogP contribution in [0.1, 0.15) is 36.8 Å². The summed E-state index contributed by atoms with van der Waals surface area (Å²) in [6.07, 6.45) is 0. The van der Waals surface area contributed by atoms with E-state index in [-0.39, 0.29) is 12.3 Å². The summed E-state index contributed by atoms with van der Waals surface area (Å²) in [6, 6.07) is 8.70. The largest absolute Gasteiger partial charge is 0.492 e. The molecule has 1 heterocycles. The van der Waals surface area contributed by atoms with Crippen LogP contribution in [0.25, 0.3) is 11.3 Å². The topological polar surface area (TPSA) is 85.4 Å². The van der Waals surface area contributed by atoms with Crippen LogP contribution < -0.4 is 4.74 Å². The van der Waals surface area contributed by atoms with Crippen LogP contribution >= 0.6 is 0 Å². The van der Waals surface area contributed by atoms with Crippen LogP contribution in [0.3, 0.4) is 0 Å². The minimum absolute atomic E-state index is 0.0977. The molecule has 6 heteroatoms. The van der Waals surface area contributed by atoms with E-state index < -0.39 is 5.97 Å². The van der Waals surface area contributed by atoms with E-state index in [1.54, 1.807) is 25.1 Å². The van der Waals surface area contributed by atoms with Crippen molar-refractivity contribution in [2.24, 2.45) is 5.92 Å². The molecule has 0 fully saturated rings. The van der Waals surface area contributed by atoms with E-state index in [2.05, 4.69) is 11.2 Å². The van der Waals surface area contributed by atoms with Gasteiger partial charge in [0.25, 0.3) is 0 Å². The lowest BCUT2D eigenvalue weighted by molar-refractivity contribution is 0.0514. The number of rotatable bonds is 6. The number of carbonyl (C=O) groups is 1. The molecule has 0 radical (unpaired) electrons. The zero-order chi connectivity index (χ0) is 16.8. The molecule has 2 aromatic rings. The molecular weight excluding hydrogens is 296 g/mol. The average molecular weight is 314 g/mol. The standard InChI is InChI=1S/C17H18N2O4/c1-4-21-17(20)14-8-16(23-19-14)12-5-6-15(13(7-12)9-18)22-10-11(2)3/h5-8,11H,4,10H2,1-3H3. The minimum Gasteiger partial charge on any atom is -0.492 e. The number of hydrogen-bond acceptors (Lipinski definition) is 6. The van der Waals surface area contributed by atoms with Crippen LogP contribution in [-0.4, -0.2) is 24.3 Å². The Morgan fingerprint density at radius 2 is 2.17 bits per heavy atom. The van der Waals surface area contributed by atoms with Crippen LogP contribution in [-0.2, 0) is 4.74 Å². The summed E-state index contributed by atoms with van der Waals surface area (Å²) in [5.41, 5.74) is 1.14. The normalized spacial score (nSPS) is 10.4. The first-order chi connectivity index (χ1) is 11.0. The number of aromatic nitrogens is 1. The van der Waals surface area contributed by atoms with Crippen molar-refractivity contribution >= 4 is 5.97 Å². The number of nitriles is 1. The molecule has 0 amide bonds. The molecule has 1 aromatic carbocycles. The lowest BCUT2D eigenvalue weighted by Crippen LogP contribution is -2.05. The Kier molecular flexibility index (Phi) is 5.36. The second kappa shape index (κ2) is 7.45. The third-order valence-corrected chi connectivity index (χ3v) is 2.95. The fourth-order valence-electron chi connectivity index (χ4n) is 1.87. The monoisotopic (exact) mass is 314 g/mol. The van der Waals surface area contributed by atoms with Crippen LogP contribution in [0.2, 0.25) is 0 Å². The molecule has 0 atom stereocenters. The highest BCUT2D eigenvalue weighted by Crippen LogP contribution is 2.27. The smallest absolute Gasteiger partial charge is 0.360 e. The lowest BCUT2D eigenvalue weighted by atomic mass is 10.1. The summed E-state index contributed by atoms with van der Waals surface area (Å²) >= 11 is 0. The number of carbonyl (C=O) groups excluding carboxylic acids is 1. The van der Waals surface area contributed by atoms with Gasteiger partial charge in [-0.3, -0.25) is 0 Å². The Labute approximate surface area is 134 Å². The quantitative estimate of drug-likeness (QED) is 0.759. The average Bonchev–Trinajstić information content (AvgIpc) is 3.03. The molecule has 1 aromatic heterocycles. The van der Waals surface area contributed by atoms with Crippen molar-refractivity contribution in [3.8, 4) is 23.1 Å². The Morgan fingerprint density at radius 1 is 1.39 bits per heavy atom. The third-order valence-electron chi connectivity index (χ3n) is 2.95. The van der Waals surface area contributed by atoms with Gasteiger partial charge < -0.3 is 14.0 Å². The summed E-state index contributed by atoms with van der Waals surface area (Å²) in [7, 11) is 0. The van der Waals surface area contributed by atoms with E-state index in [9.17, 15) is 10.1 Å². The first-order valence-corrected chi connectivity index (χ1v) is 7.36. The SMILES string of the molecule is CCOC(=O)c1cc(-c2ccc(OCC(C)C)c(C#N)c2)on1. The summed E-state index contributed by atoms with van der Waals surface area (Å²) in [5.74, 6) is 0.734. The molecule has 0 saturated carbocycles. The molecular formula is C17H18N2O4. The highest BCUT2D eigenvalue weighted by atomic mass is 16.5. The van der Waals surface area contributed by atoms with Gasteiger partial charge >= 0.3 is 5.97 Å². The molecule has 0 spiro atoms. The highest BCUT2D eigenvalue weighted by Gasteiger charge is 2.16. The molecule has 23 heavy (non-hydrogen) atoms. The van der Waals surface area contributed by atoms with Gasteiger partial charge in [-0.25, -0.2) is 4.79 Å². The predicted octanol–water partition coefficient (Wildman–Crippen LogP) is 3.42. The molecule has 0 aliphatic rings. The van der Waals surface area contributed by atoms with Crippen molar-refractivity contribution in [2.45, 2.75) is 20.8 Å². The van der Waals surface area contributed by atoms with Crippen molar-refractivity contribution in [2.75, 3.05) is 13.2 Å². The van der Waals surface area contributed by atoms with Crippen LogP contribution in [0.5, 0.6) is 5.75 Å². The van der Waals surface area contributed by atoms with Crippen molar-refractivity contribution in [3.63, 3.8) is 0 Å².